The van der Waals surface area contributed by atoms with Gasteiger partial charge in [0.2, 0.25) is 0 Å². The van der Waals surface area contributed by atoms with Crippen LogP contribution in [0.1, 0.15) is 22.6 Å². The third-order valence-electron chi connectivity index (χ3n) is 5.19. The minimum atomic E-state index is -0.597. The number of rotatable bonds is 6. The van der Waals surface area contributed by atoms with Gasteiger partial charge in [0.05, 0.1) is 10.5 Å². The highest BCUT2D eigenvalue weighted by Gasteiger charge is 2.28. The van der Waals surface area contributed by atoms with E-state index in [0.717, 1.165) is 40.5 Å². The van der Waals surface area contributed by atoms with E-state index < -0.39 is 16.8 Å². The zero-order chi connectivity index (χ0) is 21.8. The van der Waals surface area contributed by atoms with Crippen molar-refractivity contribution in [1.29, 1.82) is 0 Å². The molecule has 1 aliphatic carbocycles. The number of benzene rings is 3. The van der Waals surface area contributed by atoms with Crippen molar-refractivity contribution in [3.8, 4) is 11.1 Å². The molecule has 3 aromatic rings. The average Bonchev–Trinajstić information content (AvgIpc) is 3.09. The van der Waals surface area contributed by atoms with E-state index in [-0.39, 0.29) is 30.3 Å². The molecule has 0 saturated carbocycles. The summed E-state index contributed by atoms with van der Waals surface area (Å²) in [6.07, 6.45) is 2.30. The molecule has 0 spiro atoms. The lowest BCUT2D eigenvalue weighted by molar-refractivity contribution is -0.385. The average molecular weight is 418 g/mol. The number of alkyl carbamates (subject to hydrolysis) is 1. The van der Waals surface area contributed by atoms with Crippen LogP contribution >= 0.6 is 0 Å². The maximum atomic E-state index is 13.4. The first-order chi connectivity index (χ1) is 15.0. The minimum absolute atomic E-state index is 0.0383. The van der Waals surface area contributed by atoms with Crippen molar-refractivity contribution in [1.82, 2.24) is 5.32 Å². The molecular weight excluding hydrogens is 399 g/mol. The number of hydrogen-bond acceptors (Lipinski definition) is 4. The second-order valence-electron chi connectivity index (χ2n) is 7.07. The van der Waals surface area contributed by atoms with Crippen LogP contribution in [0.5, 0.6) is 0 Å². The number of carbonyl (C=O) groups is 1. The first kappa shape index (κ1) is 20.3. The molecule has 4 rings (SSSR count). The van der Waals surface area contributed by atoms with Crippen LogP contribution in [0, 0.1) is 15.9 Å². The van der Waals surface area contributed by atoms with Crippen LogP contribution in [0.4, 0.5) is 14.9 Å². The Balaban J connectivity index is 1.35. The molecular formula is C24H19FN2O4. The summed E-state index contributed by atoms with van der Waals surface area (Å²) < 4.78 is 18.8. The number of nitrogens with zero attached hydrogens (tertiary/aromatic N) is 1. The van der Waals surface area contributed by atoms with Gasteiger partial charge < -0.3 is 10.1 Å². The second kappa shape index (κ2) is 8.79. The van der Waals surface area contributed by atoms with Crippen molar-refractivity contribution < 1.29 is 18.8 Å². The Morgan fingerprint density at radius 3 is 2.35 bits per heavy atom. The Kier molecular flexibility index (Phi) is 5.75. The van der Waals surface area contributed by atoms with Gasteiger partial charge in [-0.1, -0.05) is 60.7 Å². The predicted molar refractivity (Wildman–Crippen MR) is 115 cm³/mol. The molecule has 0 radical (unpaired) electrons. The number of nitro groups is 1. The fourth-order valence-corrected chi connectivity index (χ4v) is 3.80. The molecule has 0 heterocycles. The molecule has 0 atom stereocenters. The predicted octanol–water partition coefficient (Wildman–Crippen LogP) is 5.29. The molecule has 6 nitrogen and oxygen atoms in total. The van der Waals surface area contributed by atoms with Crippen molar-refractivity contribution in [2.45, 2.75) is 5.92 Å². The van der Waals surface area contributed by atoms with Crippen molar-refractivity contribution in [2.75, 3.05) is 13.2 Å². The molecule has 0 aliphatic heterocycles. The monoisotopic (exact) mass is 418 g/mol. The molecule has 1 N–H and O–H groups in total. The summed E-state index contributed by atoms with van der Waals surface area (Å²) in [5.74, 6) is -0.613. The summed E-state index contributed by atoms with van der Waals surface area (Å²) in [7, 11) is 0. The van der Waals surface area contributed by atoms with Crippen LogP contribution in [0.2, 0.25) is 0 Å². The molecule has 1 amide bonds. The van der Waals surface area contributed by atoms with E-state index in [4.69, 9.17) is 4.74 Å². The van der Waals surface area contributed by atoms with Crippen LogP contribution in [0.25, 0.3) is 17.2 Å². The Labute approximate surface area is 178 Å². The van der Waals surface area contributed by atoms with Crippen LogP contribution in [-0.2, 0) is 4.74 Å². The number of ether oxygens (including phenoxy) is 1. The van der Waals surface area contributed by atoms with Crippen LogP contribution in [0.3, 0.4) is 0 Å². The smallest absolute Gasteiger partial charge is 0.407 e. The quantitative estimate of drug-likeness (QED) is 0.436. The van der Waals surface area contributed by atoms with Crippen molar-refractivity contribution in [3.05, 3.63) is 105 Å². The molecule has 0 saturated heterocycles. The number of nitro benzene ring substituents is 1. The number of nitrogens with one attached hydrogen (secondary N) is 1. The first-order valence-corrected chi connectivity index (χ1v) is 9.74. The summed E-state index contributed by atoms with van der Waals surface area (Å²) >= 11 is 0. The molecule has 3 aromatic carbocycles. The first-order valence-electron chi connectivity index (χ1n) is 9.74. The van der Waals surface area contributed by atoms with Crippen molar-refractivity contribution in [3.63, 3.8) is 0 Å². The largest absolute Gasteiger partial charge is 0.449 e. The lowest BCUT2D eigenvalue weighted by Gasteiger charge is -2.14. The van der Waals surface area contributed by atoms with E-state index >= 15 is 0 Å². The molecule has 7 heteroatoms. The fraction of sp³-hybridized carbons (Fsp3) is 0.125. The van der Waals surface area contributed by atoms with Gasteiger partial charge in [-0.25, -0.2) is 9.18 Å². The van der Waals surface area contributed by atoms with Gasteiger partial charge in [-0.05, 0) is 34.4 Å². The van der Waals surface area contributed by atoms with E-state index in [2.05, 4.69) is 17.4 Å². The van der Waals surface area contributed by atoms with Gasteiger partial charge in [-0.2, -0.15) is 0 Å². The summed E-state index contributed by atoms with van der Waals surface area (Å²) in [5, 5.41) is 13.6. The number of hydrogen-bond donors (Lipinski definition) is 1. The van der Waals surface area contributed by atoms with Gasteiger partial charge in [-0.15, -0.1) is 0 Å². The minimum Gasteiger partial charge on any atom is -0.449 e. The molecule has 31 heavy (non-hydrogen) atoms. The van der Waals surface area contributed by atoms with Gasteiger partial charge in [0.25, 0.3) is 5.69 Å². The van der Waals surface area contributed by atoms with Crippen molar-refractivity contribution in [2.24, 2.45) is 0 Å². The zero-order valence-corrected chi connectivity index (χ0v) is 16.5. The lowest BCUT2D eigenvalue weighted by Crippen LogP contribution is -2.26. The molecule has 0 unspecified atom stereocenters. The maximum Gasteiger partial charge on any atom is 0.407 e. The lowest BCUT2D eigenvalue weighted by atomic mass is 9.98. The standard InChI is InChI=1S/C24H19FN2O4/c25-17-11-12-23(27(29)30)16(14-17)6-5-13-26-24(28)31-15-22-20-9-3-1-7-18(20)19-8-2-4-10-21(19)22/h1-12,14,22H,13,15H2,(H,26,28). The number of amides is 1. The zero-order valence-electron chi connectivity index (χ0n) is 16.5. The van der Waals surface area contributed by atoms with Crippen LogP contribution in [0.15, 0.2) is 72.8 Å². The molecule has 1 aliphatic rings. The summed E-state index contributed by atoms with van der Waals surface area (Å²) in [4.78, 5) is 22.6. The highest BCUT2D eigenvalue weighted by Crippen LogP contribution is 2.44. The maximum absolute atomic E-state index is 13.4. The second-order valence-corrected chi connectivity index (χ2v) is 7.07. The van der Waals surface area contributed by atoms with Gasteiger partial charge >= 0.3 is 6.09 Å². The number of carbonyl (C=O) groups excluding carboxylic acids is 1. The van der Waals surface area contributed by atoms with Gasteiger partial charge in [0, 0.05) is 18.5 Å². The van der Waals surface area contributed by atoms with Crippen LogP contribution < -0.4 is 5.32 Å². The fourth-order valence-electron chi connectivity index (χ4n) is 3.80. The molecule has 0 fully saturated rings. The topological polar surface area (TPSA) is 81.5 Å². The van der Waals surface area contributed by atoms with E-state index in [1.807, 2.05) is 36.4 Å². The van der Waals surface area contributed by atoms with Gasteiger partial charge in [-0.3, -0.25) is 10.1 Å². The Hall–Kier alpha value is -4.00. The van der Waals surface area contributed by atoms with E-state index in [0.29, 0.717) is 0 Å². The Morgan fingerprint density at radius 2 is 1.71 bits per heavy atom. The summed E-state index contributed by atoms with van der Waals surface area (Å²) in [6, 6.07) is 19.3. The summed E-state index contributed by atoms with van der Waals surface area (Å²) in [6.45, 7) is 0.281. The SMILES string of the molecule is O=C(NCC=Cc1cc(F)ccc1[N+](=O)[O-])OCC1c2ccccc2-c2ccccc21. The van der Waals surface area contributed by atoms with Gasteiger partial charge in [0.15, 0.2) is 0 Å². The number of fused-ring (bicyclic) bond motifs is 3. The third kappa shape index (κ3) is 4.30. The Morgan fingerprint density at radius 1 is 1.06 bits per heavy atom. The highest BCUT2D eigenvalue weighted by molar-refractivity contribution is 5.79. The molecule has 156 valence electrons. The van der Waals surface area contributed by atoms with Gasteiger partial charge in [0.1, 0.15) is 12.4 Å². The molecule has 0 aromatic heterocycles. The third-order valence-corrected chi connectivity index (χ3v) is 5.19. The highest BCUT2D eigenvalue weighted by atomic mass is 19.1. The summed E-state index contributed by atoms with van der Waals surface area (Å²) in [5.41, 5.74) is 4.45. The van der Waals surface area contributed by atoms with E-state index in [9.17, 15) is 19.3 Å². The normalized spacial score (nSPS) is 12.4. The molecule has 0 bridgehead atoms. The van der Waals surface area contributed by atoms with Crippen molar-refractivity contribution >= 4 is 17.9 Å². The Bertz CT molecular complexity index is 1130. The number of halogens is 1. The van der Waals surface area contributed by atoms with Crippen LogP contribution in [-0.4, -0.2) is 24.2 Å². The van der Waals surface area contributed by atoms with E-state index in [1.165, 1.54) is 12.2 Å². The van der Waals surface area contributed by atoms with E-state index in [1.54, 1.807) is 0 Å².